The van der Waals surface area contributed by atoms with Crippen molar-refractivity contribution < 1.29 is 19.4 Å². The molecule has 0 fully saturated rings. The van der Waals surface area contributed by atoms with Crippen LogP contribution in [-0.4, -0.2) is 33.9 Å². The molecule has 0 aliphatic heterocycles. The van der Waals surface area contributed by atoms with Crippen LogP contribution in [0.4, 0.5) is 0 Å². The molecule has 80 valence electrons. The lowest BCUT2D eigenvalue weighted by Crippen LogP contribution is -2.02. The van der Waals surface area contributed by atoms with Gasteiger partial charge in [-0.05, 0) is 12.1 Å². The third-order valence-corrected chi connectivity index (χ3v) is 1.71. The topological polar surface area (TPSA) is 81.4 Å². The molecular weight excluding hydrogens is 200 g/mol. The number of nitrogens with zero attached hydrogens (tertiary/aromatic N) is 2. The molecule has 1 rings (SSSR count). The fraction of sp³-hybridized carbons (Fsp3) is 0.222. The second kappa shape index (κ2) is 4.41. The Hall–Kier alpha value is -2.11. The van der Waals surface area contributed by atoms with Gasteiger partial charge in [0, 0.05) is 13.1 Å². The highest BCUT2D eigenvalue weighted by atomic mass is 16.5. The maximum atomic E-state index is 11.1. The molecule has 0 aliphatic rings. The molecule has 0 spiro atoms. The van der Waals surface area contributed by atoms with Crippen LogP contribution in [0.1, 0.15) is 16.2 Å². The van der Waals surface area contributed by atoms with Crippen LogP contribution in [0.25, 0.3) is 6.08 Å². The number of rotatable bonds is 3. The highest BCUT2D eigenvalue weighted by molar-refractivity contribution is 5.89. The molecule has 0 unspecified atom stereocenters. The van der Waals surface area contributed by atoms with E-state index in [9.17, 15) is 9.59 Å². The van der Waals surface area contributed by atoms with Gasteiger partial charge < -0.3 is 9.84 Å². The summed E-state index contributed by atoms with van der Waals surface area (Å²) in [6, 6.07) is 1.45. The third-order valence-electron chi connectivity index (χ3n) is 1.71. The van der Waals surface area contributed by atoms with Crippen LogP contribution >= 0.6 is 0 Å². The van der Waals surface area contributed by atoms with Gasteiger partial charge in [0.2, 0.25) is 0 Å². The molecule has 1 N–H and O–H groups in total. The highest BCUT2D eigenvalue weighted by Gasteiger charge is 2.11. The Morgan fingerprint density at radius 3 is 2.80 bits per heavy atom. The van der Waals surface area contributed by atoms with E-state index < -0.39 is 11.9 Å². The maximum absolute atomic E-state index is 11.1. The number of carboxylic acid groups (broad SMARTS) is 1. The Morgan fingerprint density at radius 1 is 1.60 bits per heavy atom. The van der Waals surface area contributed by atoms with E-state index in [0.717, 1.165) is 6.08 Å². The lowest BCUT2D eigenvalue weighted by molar-refractivity contribution is -0.131. The van der Waals surface area contributed by atoms with Crippen LogP contribution in [-0.2, 0) is 16.6 Å². The predicted octanol–water partition coefficient (Wildman–Crippen LogP) is 0.304. The lowest BCUT2D eigenvalue weighted by Gasteiger charge is -1.91. The maximum Gasteiger partial charge on any atom is 0.358 e. The van der Waals surface area contributed by atoms with Crippen molar-refractivity contribution in [1.82, 2.24) is 9.78 Å². The molecule has 0 bridgehead atoms. The fourth-order valence-electron chi connectivity index (χ4n) is 0.999. The molecule has 0 aromatic carbocycles. The zero-order chi connectivity index (χ0) is 11.4. The summed E-state index contributed by atoms with van der Waals surface area (Å²) in [6.07, 6.45) is 2.32. The van der Waals surface area contributed by atoms with Gasteiger partial charge in [0.05, 0.1) is 12.8 Å². The van der Waals surface area contributed by atoms with E-state index in [1.54, 1.807) is 7.05 Å². The van der Waals surface area contributed by atoms with Crippen molar-refractivity contribution in [3.63, 3.8) is 0 Å². The van der Waals surface area contributed by atoms with Gasteiger partial charge >= 0.3 is 11.9 Å². The average molecular weight is 210 g/mol. The molecule has 0 saturated carbocycles. The zero-order valence-electron chi connectivity index (χ0n) is 8.30. The van der Waals surface area contributed by atoms with Crippen molar-refractivity contribution in [1.29, 1.82) is 0 Å². The standard InChI is InChI=1S/C9H10N2O4/c1-11-6(3-4-8(12)13)5-7(10-11)9(14)15-2/h3-5H,1-2H3,(H,12,13)/b4-3+. The first-order chi connectivity index (χ1) is 7.04. The average Bonchev–Trinajstić information content (AvgIpc) is 2.55. The summed E-state index contributed by atoms with van der Waals surface area (Å²) >= 11 is 0. The summed E-state index contributed by atoms with van der Waals surface area (Å²) in [7, 11) is 2.86. The Balaban J connectivity index is 2.96. The fourth-order valence-corrected chi connectivity index (χ4v) is 0.999. The number of aryl methyl sites for hydroxylation is 1. The molecule has 6 nitrogen and oxygen atoms in total. The highest BCUT2D eigenvalue weighted by Crippen LogP contribution is 2.06. The summed E-state index contributed by atoms with van der Waals surface area (Å²) in [4.78, 5) is 21.4. The molecular formula is C9H10N2O4. The summed E-state index contributed by atoms with van der Waals surface area (Å²) in [6.45, 7) is 0. The van der Waals surface area contributed by atoms with Crippen LogP contribution in [0.15, 0.2) is 12.1 Å². The first-order valence-corrected chi connectivity index (χ1v) is 4.08. The van der Waals surface area contributed by atoms with Crippen molar-refractivity contribution in [2.45, 2.75) is 0 Å². The van der Waals surface area contributed by atoms with Crippen LogP contribution < -0.4 is 0 Å². The Kier molecular flexibility index (Phi) is 3.22. The Morgan fingerprint density at radius 2 is 2.27 bits per heavy atom. The minimum absolute atomic E-state index is 0.144. The minimum Gasteiger partial charge on any atom is -0.478 e. The molecule has 0 saturated heterocycles. The van der Waals surface area contributed by atoms with Crippen molar-refractivity contribution in [3.8, 4) is 0 Å². The van der Waals surface area contributed by atoms with Crippen molar-refractivity contribution >= 4 is 18.0 Å². The second-order valence-corrected chi connectivity index (χ2v) is 2.74. The molecule has 6 heteroatoms. The minimum atomic E-state index is -1.06. The third kappa shape index (κ3) is 2.67. The van der Waals surface area contributed by atoms with E-state index in [-0.39, 0.29) is 5.69 Å². The van der Waals surface area contributed by atoms with Gasteiger partial charge in [-0.1, -0.05) is 0 Å². The summed E-state index contributed by atoms with van der Waals surface area (Å²) in [5, 5.41) is 12.3. The van der Waals surface area contributed by atoms with Crippen molar-refractivity contribution in [2.75, 3.05) is 7.11 Å². The first kappa shape index (κ1) is 11.0. The number of esters is 1. The second-order valence-electron chi connectivity index (χ2n) is 2.74. The van der Waals surface area contributed by atoms with Crippen molar-refractivity contribution in [3.05, 3.63) is 23.5 Å². The monoisotopic (exact) mass is 210 g/mol. The smallest absolute Gasteiger partial charge is 0.358 e. The SMILES string of the molecule is COC(=O)c1cc(/C=C/C(=O)O)n(C)n1. The molecule has 0 radical (unpaired) electrons. The molecule has 1 aromatic heterocycles. The van der Waals surface area contributed by atoms with Gasteiger partial charge in [-0.25, -0.2) is 9.59 Å². The van der Waals surface area contributed by atoms with Crippen LogP contribution in [0, 0.1) is 0 Å². The molecule has 1 aromatic rings. The molecule has 15 heavy (non-hydrogen) atoms. The van der Waals surface area contributed by atoms with Crippen molar-refractivity contribution in [2.24, 2.45) is 7.05 Å². The number of hydrogen-bond donors (Lipinski definition) is 1. The largest absolute Gasteiger partial charge is 0.478 e. The Labute approximate surface area is 85.8 Å². The first-order valence-electron chi connectivity index (χ1n) is 4.08. The normalized spacial score (nSPS) is 10.5. The van der Waals surface area contributed by atoms with Gasteiger partial charge in [0.1, 0.15) is 0 Å². The van der Waals surface area contributed by atoms with Gasteiger partial charge in [-0.15, -0.1) is 0 Å². The number of carbonyl (C=O) groups is 2. The van der Waals surface area contributed by atoms with E-state index in [2.05, 4.69) is 9.84 Å². The number of carbonyl (C=O) groups excluding carboxylic acids is 1. The quantitative estimate of drug-likeness (QED) is 0.573. The molecule has 0 amide bonds. The summed E-state index contributed by atoms with van der Waals surface area (Å²) < 4.78 is 5.87. The van der Waals surface area contributed by atoms with Crippen LogP contribution in [0.5, 0.6) is 0 Å². The van der Waals surface area contributed by atoms with Crippen LogP contribution in [0.2, 0.25) is 0 Å². The molecule has 1 heterocycles. The number of ether oxygens (including phenoxy) is 1. The number of aromatic nitrogens is 2. The van der Waals surface area contributed by atoms with Gasteiger partial charge in [-0.2, -0.15) is 5.10 Å². The summed E-state index contributed by atoms with van der Waals surface area (Å²) in [5.41, 5.74) is 0.655. The predicted molar refractivity (Wildman–Crippen MR) is 51.2 cm³/mol. The van der Waals surface area contributed by atoms with E-state index in [0.29, 0.717) is 5.69 Å². The van der Waals surface area contributed by atoms with Gasteiger partial charge in [-0.3, -0.25) is 4.68 Å². The van der Waals surface area contributed by atoms with Crippen LogP contribution in [0.3, 0.4) is 0 Å². The van der Waals surface area contributed by atoms with E-state index in [1.807, 2.05) is 0 Å². The summed E-state index contributed by atoms with van der Waals surface area (Å²) in [5.74, 6) is -1.61. The zero-order valence-corrected chi connectivity index (χ0v) is 8.30. The number of methoxy groups -OCH3 is 1. The van der Waals surface area contributed by atoms with E-state index >= 15 is 0 Å². The Bertz CT molecular complexity index is 420. The number of hydrogen-bond acceptors (Lipinski definition) is 4. The lowest BCUT2D eigenvalue weighted by atomic mass is 10.3. The number of aliphatic carboxylic acids is 1. The number of carboxylic acids is 1. The van der Waals surface area contributed by atoms with E-state index in [1.165, 1.54) is 23.9 Å². The van der Waals surface area contributed by atoms with Gasteiger partial charge in [0.25, 0.3) is 0 Å². The van der Waals surface area contributed by atoms with Gasteiger partial charge in [0.15, 0.2) is 5.69 Å². The molecule has 0 aliphatic carbocycles. The molecule has 0 atom stereocenters. The van der Waals surface area contributed by atoms with E-state index in [4.69, 9.17) is 5.11 Å².